The summed E-state index contributed by atoms with van der Waals surface area (Å²) in [6.45, 7) is 9.56. The van der Waals surface area contributed by atoms with Gasteiger partial charge in [0.2, 0.25) is 5.91 Å². The van der Waals surface area contributed by atoms with Gasteiger partial charge in [-0.25, -0.2) is 0 Å². The molecule has 0 N–H and O–H groups in total. The van der Waals surface area contributed by atoms with E-state index in [1.807, 2.05) is 24.8 Å². The van der Waals surface area contributed by atoms with Crippen LogP contribution in [0.4, 0.5) is 0 Å². The first-order valence-electron chi connectivity index (χ1n) is 11.2. The molecule has 1 fully saturated rings. The average Bonchev–Trinajstić information content (AvgIpc) is 3.17. The molecule has 4 heteroatoms. The zero-order valence-electron chi connectivity index (χ0n) is 18.9. The molecule has 2 heterocycles. The molecule has 1 atom stereocenters. The van der Waals surface area contributed by atoms with Crippen LogP contribution >= 0.6 is 0 Å². The summed E-state index contributed by atoms with van der Waals surface area (Å²) in [5.41, 5.74) is 6.00. The van der Waals surface area contributed by atoms with Crippen LogP contribution in [0.2, 0.25) is 0 Å². The van der Waals surface area contributed by atoms with Crippen LogP contribution in [0.3, 0.4) is 0 Å². The monoisotopic (exact) mass is 417 g/mol. The molecule has 3 aromatic rings. The molecule has 162 valence electrons. The van der Waals surface area contributed by atoms with E-state index < -0.39 is 0 Å². The van der Waals surface area contributed by atoms with E-state index in [-0.39, 0.29) is 5.91 Å². The van der Waals surface area contributed by atoms with E-state index in [1.54, 1.807) is 12.3 Å². The van der Waals surface area contributed by atoms with Gasteiger partial charge in [0.15, 0.2) is 0 Å². The maximum atomic E-state index is 13.0. The Bertz CT molecular complexity index is 1110. The molecule has 4 rings (SSSR count). The highest BCUT2D eigenvalue weighted by molar-refractivity contribution is 6.00. The van der Waals surface area contributed by atoms with Crippen LogP contribution in [0.25, 0.3) is 27.7 Å². The summed E-state index contributed by atoms with van der Waals surface area (Å²) in [6.07, 6.45) is 6.91. The zero-order chi connectivity index (χ0) is 22.0. The Morgan fingerprint density at radius 1 is 1.23 bits per heavy atom. The summed E-state index contributed by atoms with van der Waals surface area (Å²) in [5.74, 6) is 0.825. The summed E-state index contributed by atoms with van der Waals surface area (Å²) < 4.78 is 11.8. The van der Waals surface area contributed by atoms with Gasteiger partial charge in [-0.2, -0.15) is 0 Å². The molecule has 1 amide bonds. The predicted molar refractivity (Wildman–Crippen MR) is 126 cm³/mol. The molecule has 4 nitrogen and oxygen atoms in total. The Labute approximate surface area is 184 Å². The number of benzene rings is 2. The van der Waals surface area contributed by atoms with E-state index >= 15 is 0 Å². The van der Waals surface area contributed by atoms with Crippen LogP contribution in [-0.4, -0.2) is 30.0 Å². The number of allylic oxidation sites excluding steroid dienone is 1. The molecule has 0 saturated carbocycles. The minimum absolute atomic E-state index is 0.0817. The first-order valence-corrected chi connectivity index (χ1v) is 11.2. The number of carbonyl (C=O) groups excluding carboxylic acids is 1. The van der Waals surface area contributed by atoms with Gasteiger partial charge in [-0.1, -0.05) is 29.8 Å². The summed E-state index contributed by atoms with van der Waals surface area (Å²) in [7, 11) is 0. The molecule has 1 aliphatic rings. The van der Waals surface area contributed by atoms with Gasteiger partial charge in [-0.05, 0) is 64.2 Å². The second-order valence-electron chi connectivity index (χ2n) is 8.50. The van der Waals surface area contributed by atoms with E-state index in [9.17, 15) is 4.79 Å². The molecule has 1 unspecified atom stereocenters. The van der Waals surface area contributed by atoms with Gasteiger partial charge in [-0.15, -0.1) is 0 Å². The summed E-state index contributed by atoms with van der Waals surface area (Å²) in [6, 6.07) is 12.8. The number of aryl methyl sites for hydroxylation is 1. The van der Waals surface area contributed by atoms with Crippen molar-refractivity contribution in [1.29, 1.82) is 0 Å². The fourth-order valence-corrected chi connectivity index (χ4v) is 4.37. The van der Waals surface area contributed by atoms with Gasteiger partial charge >= 0.3 is 0 Å². The first-order chi connectivity index (χ1) is 15.0. The fourth-order valence-electron chi connectivity index (χ4n) is 4.37. The Morgan fingerprint density at radius 3 is 2.71 bits per heavy atom. The van der Waals surface area contributed by atoms with Crippen molar-refractivity contribution in [3.8, 4) is 16.9 Å². The van der Waals surface area contributed by atoms with Crippen LogP contribution < -0.4 is 4.74 Å². The topological polar surface area (TPSA) is 42.7 Å². The summed E-state index contributed by atoms with van der Waals surface area (Å²) in [5, 5.41) is 1.02. The van der Waals surface area contributed by atoms with Crippen LogP contribution in [0.5, 0.6) is 5.75 Å². The standard InChI is InChI=1S/C27H31NO3/c1-5-30-25-16-26-23(24(17-31-26)21-11-9-18(2)10-12-21)15-22(25)19(3)14-27(29)28-13-7-6-8-20(28)4/h9-12,14-17,20H,5-8,13H2,1-4H3/b19-14+. The quantitative estimate of drug-likeness (QED) is 0.439. The van der Waals surface area contributed by atoms with Crippen molar-refractivity contribution in [1.82, 2.24) is 4.90 Å². The molecule has 31 heavy (non-hydrogen) atoms. The minimum Gasteiger partial charge on any atom is -0.493 e. The number of fused-ring (bicyclic) bond motifs is 1. The van der Waals surface area contributed by atoms with E-state index in [4.69, 9.17) is 9.15 Å². The van der Waals surface area contributed by atoms with Crippen LogP contribution in [-0.2, 0) is 4.79 Å². The zero-order valence-corrected chi connectivity index (χ0v) is 18.9. The number of hydrogen-bond donors (Lipinski definition) is 0. The number of hydrogen-bond acceptors (Lipinski definition) is 3. The third-order valence-electron chi connectivity index (χ3n) is 6.19. The number of ether oxygens (including phenoxy) is 1. The van der Waals surface area contributed by atoms with E-state index in [2.05, 4.69) is 44.2 Å². The van der Waals surface area contributed by atoms with Crippen molar-refractivity contribution < 1.29 is 13.9 Å². The largest absolute Gasteiger partial charge is 0.493 e. The smallest absolute Gasteiger partial charge is 0.247 e. The second-order valence-corrected chi connectivity index (χ2v) is 8.50. The van der Waals surface area contributed by atoms with Crippen molar-refractivity contribution in [2.45, 2.75) is 53.0 Å². The second kappa shape index (κ2) is 9.01. The molecule has 0 spiro atoms. The van der Waals surface area contributed by atoms with Crippen LogP contribution in [0.1, 0.15) is 51.2 Å². The van der Waals surface area contributed by atoms with Gasteiger partial charge in [-0.3, -0.25) is 4.79 Å². The molecular weight excluding hydrogens is 386 g/mol. The lowest BCUT2D eigenvalue weighted by Gasteiger charge is -2.32. The summed E-state index contributed by atoms with van der Waals surface area (Å²) in [4.78, 5) is 15.0. The molecular formula is C27H31NO3. The molecule has 0 radical (unpaired) electrons. The number of amides is 1. The van der Waals surface area contributed by atoms with Crippen molar-refractivity contribution in [3.63, 3.8) is 0 Å². The number of piperidine rings is 1. The normalized spacial score (nSPS) is 17.2. The van der Waals surface area contributed by atoms with Crippen LogP contribution in [0, 0.1) is 6.92 Å². The first kappa shape index (κ1) is 21.2. The lowest BCUT2D eigenvalue weighted by molar-refractivity contribution is -0.129. The number of rotatable bonds is 5. The molecule has 1 saturated heterocycles. The summed E-state index contributed by atoms with van der Waals surface area (Å²) >= 11 is 0. The van der Waals surface area contributed by atoms with Gasteiger partial charge in [0, 0.05) is 41.2 Å². The Morgan fingerprint density at radius 2 is 2.00 bits per heavy atom. The number of furan rings is 1. The van der Waals surface area contributed by atoms with Crippen LogP contribution in [0.15, 0.2) is 53.2 Å². The van der Waals surface area contributed by atoms with E-state index in [0.29, 0.717) is 12.6 Å². The molecule has 1 aromatic heterocycles. The highest BCUT2D eigenvalue weighted by Crippen LogP contribution is 2.37. The van der Waals surface area contributed by atoms with Crippen molar-refractivity contribution in [2.24, 2.45) is 0 Å². The maximum Gasteiger partial charge on any atom is 0.247 e. The SMILES string of the molecule is CCOc1cc2occ(-c3ccc(C)cc3)c2cc1/C(C)=C/C(=O)N1CCCCC1C. The third-order valence-corrected chi connectivity index (χ3v) is 6.19. The third kappa shape index (κ3) is 4.39. The Hall–Kier alpha value is -3.01. The minimum atomic E-state index is 0.0817. The Balaban J connectivity index is 1.75. The molecule has 0 bridgehead atoms. The fraction of sp³-hybridized carbons (Fsp3) is 0.370. The maximum absolute atomic E-state index is 13.0. The lowest BCUT2D eigenvalue weighted by atomic mass is 9.98. The Kier molecular flexibility index (Phi) is 6.17. The van der Waals surface area contributed by atoms with E-state index in [0.717, 1.165) is 58.4 Å². The highest BCUT2D eigenvalue weighted by atomic mass is 16.5. The molecule has 0 aliphatic carbocycles. The average molecular weight is 418 g/mol. The van der Waals surface area contributed by atoms with Gasteiger partial charge < -0.3 is 14.1 Å². The highest BCUT2D eigenvalue weighted by Gasteiger charge is 2.22. The molecule has 2 aromatic carbocycles. The van der Waals surface area contributed by atoms with Crippen molar-refractivity contribution in [2.75, 3.05) is 13.2 Å². The number of likely N-dealkylation sites (tertiary alicyclic amines) is 1. The van der Waals surface area contributed by atoms with Crippen molar-refractivity contribution in [3.05, 3.63) is 59.9 Å². The van der Waals surface area contributed by atoms with Crippen molar-refractivity contribution >= 4 is 22.4 Å². The van der Waals surface area contributed by atoms with Gasteiger partial charge in [0.05, 0.1) is 12.9 Å². The molecule has 1 aliphatic heterocycles. The number of nitrogens with zero attached hydrogens (tertiary/aromatic N) is 1. The number of carbonyl (C=O) groups is 1. The predicted octanol–water partition coefficient (Wildman–Crippen LogP) is 6.61. The van der Waals surface area contributed by atoms with E-state index in [1.165, 1.54) is 12.0 Å². The van der Waals surface area contributed by atoms with Gasteiger partial charge in [0.1, 0.15) is 11.3 Å². The lowest BCUT2D eigenvalue weighted by Crippen LogP contribution is -2.41. The van der Waals surface area contributed by atoms with Gasteiger partial charge in [0.25, 0.3) is 0 Å².